The van der Waals surface area contributed by atoms with Gasteiger partial charge in [0, 0.05) is 6.07 Å². The lowest BCUT2D eigenvalue weighted by atomic mass is 10.0. The predicted molar refractivity (Wildman–Crippen MR) is 80.3 cm³/mol. The van der Waals surface area contributed by atoms with Crippen molar-refractivity contribution in [2.75, 3.05) is 11.9 Å². The Morgan fingerprint density at radius 2 is 2.20 bits per heavy atom. The average molecular weight is 295 g/mol. The molecule has 0 aliphatic rings. The number of aliphatic hydroxyl groups is 1. The van der Waals surface area contributed by atoms with E-state index in [0.717, 1.165) is 15.2 Å². The SMILES string of the molecule is Cc1nc2cc(N[C@H](CO)C(C)C)c([N+](=O)[O-])cc2s1. The number of nitro benzene ring substituents is 1. The van der Waals surface area contributed by atoms with Crippen LogP contribution in [0.3, 0.4) is 0 Å². The molecule has 1 aromatic carbocycles. The fraction of sp³-hybridized carbons (Fsp3) is 0.462. The Morgan fingerprint density at radius 1 is 1.50 bits per heavy atom. The van der Waals surface area contributed by atoms with Crippen molar-refractivity contribution < 1.29 is 10.0 Å². The van der Waals surface area contributed by atoms with Crippen molar-refractivity contribution in [1.82, 2.24) is 4.98 Å². The minimum Gasteiger partial charge on any atom is -0.394 e. The Morgan fingerprint density at radius 3 is 2.75 bits per heavy atom. The van der Waals surface area contributed by atoms with E-state index < -0.39 is 4.92 Å². The Kier molecular flexibility index (Phi) is 4.20. The van der Waals surface area contributed by atoms with Gasteiger partial charge >= 0.3 is 0 Å². The molecule has 1 atom stereocenters. The van der Waals surface area contributed by atoms with E-state index in [-0.39, 0.29) is 24.3 Å². The maximum Gasteiger partial charge on any atom is 0.293 e. The highest BCUT2D eigenvalue weighted by atomic mass is 32.1. The van der Waals surface area contributed by atoms with E-state index in [1.54, 1.807) is 6.07 Å². The fourth-order valence-corrected chi connectivity index (χ4v) is 2.81. The summed E-state index contributed by atoms with van der Waals surface area (Å²) in [5, 5.41) is 24.5. The zero-order chi connectivity index (χ0) is 14.9. The van der Waals surface area contributed by atoms with Gasteiger partial charge in [-0.1, -0.05) is 13.8 Å². The first kappa shape index (κ1) is 14.7. The summed E-state index contributed by atoms with van der Waals surface area (Å²) in [7, 11) is 0. The average Bonchev–Trinajstić information content (AvgIpc) is 2.73. The predicted octanol–water partition coefficient (Wildman–Crippen LogP) is 2.94. The number of aryl methyl sites for hydroxylation is 1. The van der Waals surface area contributed by atoms with Gasteiger partial charge in [0.1, 0.15) is 5.69 Å². The quantitative estimate of drug-likeness (QED) is 0.654. The van der Waals surface area contributed by atoms with E-state index >= 15 is 0 Å². The van der Waals surface area contributed by atoms with Crippen LogP contribution in [-0.2, 0) is 0 Å². The molecule has 1 heterocycles. The van der Waals surface area contributed by atoms with Crippen LogP contribution in [-0.4, -0.2) is 27.7 Å². The van der Waals surface area contributed by atoms with Gasteiger partial charge in [-0.25, -0.2) is 4.98 Å². The number of benzene rings is 1. The van der Waals surface area contributed by atoms with Gasteiger partial charge in [0.05, 0.1) is 32.8 Å². The highest BCUT2D eigenvalue weighted by Crippen LogP contribution is 2.33. The van der Waals surface area contributed by atoms with Crippen LogP contribution in [0.4, 0.5) is 11.4 Å². The number of nitrogens with zero attached hydrogens (tertiary/aromatic N) is 2. The van der Waals surface area contributed by atoms with Crippen LogP contribution in [0.15, 0.2) is 12.1 Å². The van der Waals surface area contributed by atoms with Crippen LogP contribution >= 0.6 is 11.3 Å². The molecule has 1 aromatic heterocycles. The first-order chi connectivity index (χ1) is 9.42. The van der Waals surface area contributed by atoms with Gasteiger partial charge in [-0.15, -0.1) is 11.3 Å². The third kappa shape index (κ3) is 2.88. The number of nitrogens with one attached hydrogen (secondary N) is 1. The molecule has 0 bridgehead atoms. The van der Waals surface area contributed by atoms with Crippen molar-refractivity contribution in [3.63, 3.8) is 0 Å². The van der Waals surface area contributed by atoms with E-state index in [1.807, 2.05) is 20.8 Å². The molecule has 0 radical (unpaired) electrons. The number of aliphatic hydroxyl groups excluding tert-OH is 1. The minimum atomic E-state index is -0.411. The molecule has 0 aliphatic heterocycles. The second kappa shape index (κ2) is 5.72. The Hall–Kier alpha value is -1.73. The summed E-state index contributed by atoms with van der Waals surface area (Å²) < 4.78 is 0.796. The lowest BCUT2D eigenvalue weighted by molar-refractivity contribution is -0.383. The summed E-state index contributed by atoms with van der Waals surface area (Å²) in [5.41, 5.74) is 1.15. The normalized spacial score (nSPS) is 12.8. The van der Waals surface area contributed by atoms with Crippen LogP contribution in [0.5, 0.6) is 0 Å². The monoisotopic (exact) mass is 295 g/mol. The van der Waals surface area contributed by atoms with Crippen molar-refractivity contribution in [3.05, 3.63) is 27.3 Å². The maximum atomic E-state index is 11.2. The first-order valence-corrected chi connectivity index (χ1v) is 7.17. The lowest BCUT2D eigenvalue weighted by Crippen LogP contribution is -2.29. The highest BCUT2D eigenvalue weighted by molar-refractivity contribution is 7.18. The van der Waals surface area contributed by atoms with Gasteiger partial charge in [-0.2, -0.15) is 0 Å². The zero-order valence-electron chi connectivity index (χ0n) is 11.6. The number of thiazole rings is 1. The molecule has 6 nitrogen and oxygen atoms in total. The second-order valence-electron chi connectivity index (χ2n) is 5.00. The number of nitro groups is 1. The first-order valence-electron chi connectivity index (χ1n) is 6.35. The van der Waals surface area contributed by atoms with Crippen molar-refractivity contribution in [1.29, 1.82) is 0 Å². The molecule has 20 heavy (non-hydrogen) atoms. The van der Waals surface area contributed by atoms with Crippen LogP contribution in [0, 0.1) is 23.0 Å². The standard InChI is InChI=1S/C13H17N3O3S/c1-7(2)11(6-17)15-9-4-10-13(20-8(3)14-10)5-12(9)16(18)19/h4-5,7,11,15,17H,6H2,1-3H3/t11-/m1/s1. The number of anilines is 1. The summed E-state index contributed by atoms with van der Waals surface area (Å²) in [6.45, 7) is 5.69. The number of hydrogen-bond acceptors (Lipinski definition) is 6. The summed E-state index contributed by atoms with van der Waals surface area (Å²) in [6, 6.07) is 2.99. The van der Waals surface area contributed by atoms with Crippen LogP contribution < -0.4 is 5.32 Å². The number of rotatable bonds is 5. The molecular formula is C13H17N3O3S. The third-order valence-corrected chi connectivity index (χ3v) is 4.09. The third-order valence-electron chi connectivity index (χ3n) is 3.15. The summed E-state index contributed by atoms with van der Waals surface area (Å²) in [6.07, 6.45) is 0. The molecule has 0 amide bonds. The molecule has 0 fully saturated rings. The van der Waals surface area contributed by atoms with Crippen molar-refractivity contribution in [3.8, 4) is 0 Å². The van der Waals surface area contributed by atoms with E-state index in [2.05, 4.69) is 10.3 Å². The molecule has 2 rings (SSSR count). The van der Waals surface area contributed by atoms with Gasteiger partial charge in [0.15, 0.2) is 0 Å². The van der Waals surface area contributed by atoms with Gasteiger partial charge in [0.25, 0.3) is 5.69 Å². The molecule has 0 aliphatic carbocycles. The Labute approximate surface area is 120 Å². The second-order valence-corrected chi connectivity index (χ2v) is 6.24. The fourth-order valence-electron chi connectivity index (χ4n) is 1.97. The smallest absolute Gasteiger partial charge is 0.293 e. The zero-order valence-corrected chi connectivity index (χ0v) is 12.4. The highest BCUT2D eigenvalue weighted by Gasteiger charge is 2.21. The molecule has 0 unspecified atom stereocenters. The minimum absolute atomic E-state index is 0.0141. The largest absolute Gasteiger partial charge is 0.394 e. The van der Waals surface area contributed by atoms with Gasteiger partial charge in [0.2, 0.25) is 0 Å². The van der Waals surface area contributed by atoms with E-state index in [9.17, 15) is 15.2 Å². The maximum absolute atomic E-state index is 11.2. The molecule has 0 saturated heterocycles. The summed E-state index contributed by atoms with van der Waals surface area (Å²) in [5.74, 6) is 0.160. The molecule has 2 aromatic rings. The van der Waals surface area contributed by atoms with Crippen LogP contribution in [0.25, 0.3) is 10.2 Å². The van der Waals surface area contributed by atoms with Gasteiger partial charge in [-0.3, -0.25) is 10.1 Å². The number of fused-ring (bicyclic) bond motifs is 1. The lowest BCUT2D eigenvalue weighted by Gasteiger charge is -2.21. The van der Waals surface area contributed by atoms with Crippen LogP contribution in [0.2, 0.25) is 0 Å². The Bertz CT molecular complexity index is 639. The van der Waals surface area contributed by atoms with E-state index in [0.29, 0.717) is 5.69 Å². The molecular weight excluding hydrogens is 278 g/mol. The molecule has 108 valence electrons. The molecule has 7 heteroatoms. The van der Waals surface area contributed by atoms with E-state index in [1.165, 1.54) is 17.4 Å². The molecule has 2 N–H and O–H groups in total. The summed E-state index contributed by atoms with van der Waals surface area (Å²) >= 11 is 1.43. The van der Waals surface area contributed by atoms with Crippen molar-refractivity contribution in [2.45, 2.75) is 26.8 Å². The number of aromatic nitrogens is 1. The topological polar surface area (TPSA) is 88.3 Å². The van der Waals surface area contributed by atoms with Crippen molar-refractivity contribution in [2.24, 2.45) is 5.92 Å². The Balaban J connectivity index is 2.48. The molecule has 0 saturated carbocycles. The van der Waals surface area contributed by atoms with Gasteiger partial charge in [-0.05, 0) is 18.9 Å². The summed E-state index contributed by atoms with van der Waals surface area (Å²) in [4.78, 5) is 15.1. The van der Waals surface area contributed by atoms with E-state index in [4.69, 9.17) is 0 Å². The number of hydrogen-bond donors (Lipinski definition) is 2. The van der Waals surface area contributed by atoms with Crippen LogP contribution in [0.1, 0.15) is 18.9 Å². The molecule has 0 spiro atoms. The van der Waals surface area contributed by atoms with Crippen molar-refractivity contribution >= 4 is 32.9 Å². The van der Waals surface area contributed by atoms with Gasteiger partial charge < -0.3 is 10.4 Å².